The summed E-state index contributed by atoms with van der Waals surface area (Å²) in [6.07, 6.45) is 2.74. The van der Waals surface area contributed by atoms with E-state index in [1.165, 1.54) is 0 Å². The highest BCUT2D eigenvalue weighted by Crippen LogP contribution is 2.38. The Morgan fingerprint density at radius 3 is 2.36 bits per heavy atom. The molecule has 1 atom stereocenters. The van der Waals surface area contributed by atoms with Crippen LogP contribution < -0.4 is 5.48 Å². The van der Waals surface area contributed by atoms with Crippen LogP contribution in [0.25, 0.3) is 0 Å². The lowest BCUT2D eigenvalue weighted by atomic mass is 9.76. The lowest BCUT2D eigenvalue weighted by Crippen LogP contribution is -2.52. The van der Waals surface area contributed by atoms with E-state index >= 15 is 0 Å². The number of benzene rings is 1. The van der Waals surface area contributed by atoms with E-state index in [-0.39, 0.29) is 29.5 Å². The lowest BCUT2D eigenvalue weighted by molar-refractivity contribution is -0.168. The minimum atomic E-state index is -1.05. The van der Waals surface area contributed by atoms with Gasteiger partial charge in [0.2, 0.25) is 0 Å². The fourth-order valence-electron chi connectivity index (χ4n) is 3.80. The number of carbonyl (C=O) groups excluding carboxylic acids is 2. The summed E-state index contributed by atoms with van der Waals surface area (Å²) >= 11 is 6.36. The Morgan fingerprint density at radius 1 is 1.16 bits per heavy atom. The van der Waals surface area contributed by atoms with Crippen molar-refractivity contribution in [3.8, 4) is 0 Å². The molecule has 1 aliphatic carbocycles. The van der Waals surface area contributed by atoms with Crippen molar-refractivity contribution in [1.82, 2.24) is 5.48 Å². The summed E-state index contributed by atoms with van der Waals surface area (Å²) in [6, 6.07) is 7.26. The van der Waals surface area contributed by atoms with Gasteiger partial charge in [0.05, 0.1) is 5.92 Å². The van der Waals surface area contributed by atoms with Crippen LogP contribution in [0, 0.1) is 17.8 Å². The molecule has 25 heavy (non-hydrogen) atoms. The smallest absolute Gasteiger partial charge is 0.328 e. The average Bonchev–Trinajstić information content (AvgIpc) is 2.54. The summed E-state index contributed by atoms with van der Waals surface area (Å²) < 4.78 is 0. The molecular weight excluding hydrogens is 338 g/mol. The number of Topliss-reactive ketones (excluding diaryl/α,β-unsaturated/α-hetero) is 1. The fraction of sp³-hybridized carbons (Fsp3) is 0.600. The number of carbonyl (C=O) groups is 2. The van der Waals surface area contributed by atoms with E-state index in [0.717, 1.165) is 12.8 Å². The predicted molar refractivity (Wildman–Crippen MR) is 99.0 cm³/mol. The molecule has 0 amide bonds. The SMILES string of the molecule is CC(C)C(C(=O)ONC1(c2ccccc2Cl)CCCCC1=O)C(C)C. The van der Waals surface area contributed by atoms with Gasteiger partial charge in [-0.3, -0.25) is 9.59 Å². The third-order valence-corrected chi connectivity index (χ3v) is 5.38. The third kappa shape index (κ3) is 4.24. The zero-order valence-electron chi connectivity index (χ0n) is 15.5. The van der Waals surface area contributed by atoms with E-state index in [0.29, 0.717) is 23.4 Å². The minimum absolute atomic E-state index is 0.0188. The first-order chi connectivity index (χ1) is 11.8. The van der Waals surface area contributed by atoms with Crippen LogP contribution in [-0.4, -0.2) is 11.8 Å². The molecule has 138 valence electrons. The maximum absolute atomic E-state index is 12.8. The lowest BCUT2D eigenvalue weighted by Gasteiger charge is -2.37. The molecule has 0 bridgehead atoms. The van der Waals surface area contributed by atoms with Crippen molar-refractivity contribution < 1.29 is 14.4 Å². The van der Waals surface area contributed by atoms with Crippen LogP contribution in [0.1, 0.15) is 58.9 Å². The Kier molecular flexibility index (Phi) is 6.64. The highest BCUT2D eigenvalue weighted by atomic mass is 35.5. The van der Waals surface area contributed by atoms with Crippen LogP contribution in [0.15, 0.2) is 24.3 Å². The molecule has 0 aliphatic heterocycles. The van der Waals surface area contributed by atoms with Crippen LogP contribution >= 0.6 is 11.6 Å². The first-order valence-electron chi connectivity index (χ1n) is 9.05. The number of rotatable bonds is 6. The van der Waals surface area contributed by atoms with E-state index in [4.69, 9.17) is 16.4 Å². The van der Waals surface area contributed by atoms with Gasteiger partial charge in [0.15, 0.2) is 5.78 Å². The normalized spacial score (nSPS) is 21.2. The monoisotopic (exact) mass is 365 g/mol. The van der Waals surface area contributed by atoms with Gasteiger partial charge in [-0.2, -0.15) is 0 Å². The van der Waals surface area contributed by atoms with Crippen molar-refractivity contribution in [2.24, 2.45) is 17.8 Å². The van der Waals surface area contributed by atoms with Gasteiger partial charge in [-0.25, -0.2) is 0 Å². The molecule has 0 heterocycles. The average molecular weight is 366 g/mol. The fourth-order valence-corrected chi connectivity index (χ4v) is 4.10. The predicted octanol–water partition coefficient (Wildman–Crippen LogP) is 4.65. The van der Waals surface area contributed by atoms with Crippen LogP contribution in [0.4, 0.5) is 0 Å². The summed E-state index contributed by atoms with van der Waals surface area (Å²) in [5, 5.41) is 0.505. The zero-order valence-corrected chi connectivity index (χ0v) is 16.2. The van der Waals surface area contributed by atoms with Crippen LogP contribution in [0.2, 0.25) is 5.02 Å². The molecule has 0 radical (unpaired) electrons. The molecule has 1 fully saturated rings. The van der Waals surface area contributed by atoms with Crippen LogP contribution in [0.5, 0.6) is 0 Å². The maximum atomic E-state index is 12.8. The molecule has 5 heteroatoms. The first-order valence-corrected chi connectivity index (χ1v) is 9.43. The van der Waals surface area contributed by atoms with Crippen molar-refractivity contribution in [1.29, 1.82) is 0 Å². The Morgan fingerprint density at radius 2 is 1.80 bits per heavy atom. The highest BCUT2D eigenvalue weighted by Gasteiger charge is 2.44. The molecule has 2 rings (SSSR count). The number of ketones is 1. The second kappa shape index (κ2) is 8.33. The quantitative estimate of drug-likeness (QED) is 0.745. The molecule has 0 spiro atoms. The molecule has 0 aromatic heterocycles. The van der Waals surface area contributed by atoms with Gasteiger partial charge in [-0.1, -0.05) is 63.9 Å². The molecule has 0 saturated heterocycles. The second-order valence-corrected chi connectivity index (χ2v) is 7.96. The topological polar surface area (TPSA) is 55.4 Å². The zero-order chi connectivity index (χ0) is 18.6. The molecule has 1 aromatic rings. The number of halogens is 1. The summed E-state index contributed by atoms with van der Waals surface area (Å²) in [7, 11) is 0. The largest absolute Gasteiger partial charge is 0.369 e. The number of hydrogen-bond acceptors (Lipinski definition) is 4. The molecule has 1 aliphatic rings. The van der Waals surface area contributed by atoms with E-state index in [2.05, 4.69) is 5.48 Å². The number of hydrogen-bond donors (Lipinski definition) is 1. The van der Waals surface area contributed by atoms with Gasteiger partial charge < -0.3 is 4.84 Å². The molecule has 1 N–H and O–H groups in total. The van der Waals surface area contributed by atoms with Crippen LogP contribution in [0.3, 0.4) is 0 Å². The van der Waals surface area contributed by atoms with Crippen LogP contribution in [-0.2, 0) is 20.0 Å². The van der Waals surface area contributed by atoms with E-state index in [1.807, 2.05) is 45.9 Å². The Balaban J connectivity index is 2.28. The first kappa shape index (κ1) is 19.9. The minimum Gasteiger partial charge on any atom is -0.369 e. The Hall–Kier alpha value is -1.39. The van der Waals surface area contributed by atoms with Gasteiger partial charge in [0.25, 0.3) is 0 Å². The van der Waals surface area contributed by atoms with Crippen molar-refractivity contribution in [3.63, 3.8) is 0 Å². The second-order valence-electron chi connectivity index (χ2n) is 7.55. The van der Waals surface area contributed by atoms with Gasteiger partial charge in [0, 0.05) is 17.0 Å². The highest BCUT2D eigenvalue weighted by molar-refractivity contribution is 6.31. The number of hydroxylamine groups is 1. The molecule has 1 unspecified atom stereocenters. The summed E-state index contributed by atoms with van der Waals surface area (Å²) in [5.74, 6) is -0.213. The molecular formula is C20H28ClNO3. The maximum Gasteiger partial charge on any atom is 0.328 e. The van der Waals surface area contributed by atoms with E-state index in [1.54, 1.807) is 6.07 Å². The summed E-state index contributed by atoms with van der Waals surface area (Å²) in [5.41, 5.74) is 2.48. The summed E-state index contributed by atoms with van der Waals surface area (Å²) in [4.78, 5) is 30.9. The van der Waals surface area contributed by atoms with Gasteiger partial charge in [0.1, 0.15) is 5.54 Å². The van der Waals surface area contributed by atoms with Crippen molar-refractivity contribution in [2.75, 3.05) is 0 Å². The van der Waals surface area contributed by atoms with Crippen molar-refractivity contribution in [3.05, 3.63) is 34.9 Å². The standard InChI is InChI=1S/C20H28ClNO3/c1-13(2)18(14(3)4)19(24)25-22-20(12-8-7-11-17(20)23)15-9-5-6-10-16(15)21/h5-6,9-10,13-14,18,22H,7-8,11-12H2,1-4H3. The van der Waals surface area contributed by atoms with Crippen molar-refractivity contribution >= 4 is 23.4 Å². The number of nitrogens with one attached hydrogen (secondary N) is 1. The van der Waals surface area contributed by atoms with E-state index < -0.39 is 5.54 Å². The Labute approximate surface area is 155 Å². The third-order valence-electron chi connectivity index (χ3n) is 5.05. The molecule has 1 aromatic carbocycles. The van der Waals surface area contributed by atoms with Crippen molar-refractivity contribution in [2.45, 2.75) is 58.9 Å². The van der Waals surface area contributed by atoms with Gasteiger partial charge in [-0.15, -0.1) is 5.48 Å². The van der Waals surface area contributed by atoms with E-state index in [9.17, 15) is 9.59 Å². The van der Waals surface area contributed by atoms with Gasteiger partial charge in [-0.05, 0) is 30.7 Å². The molecule has 4 nitrogen and oxygen atoms in total. The van der Waals surface area contributed by atoms with Gasteiger partial charge >= 0.3 is 5.97 Å². The Bertz CT molecular complexity index is 621. The summed E-state index contributed by atoms with van der Waals surface area (Å²) in [6.45, 7) is 8.01. The molecule has 1 saturated carbocycles.